The van der Waals surface area contributed by atoms with Gasteiger partial charge in [-0.1, -0.05) is 119 Å². The molecule has 30 heavy (non-hydrogen) atoms. The molecule has 0 amide bonds. The highest BCUT2D eigenvalue weighted by atomic mass is 79.9. The molecule has 0 nitrogen and oxygen atoms in total. The van der Waals surface area contributed by atoms with Crippen molar-refractivity contribution in [2.24, 2.45) is 0 Å². The summed E-state index contributed by atoms with van der Waals surface area (Å²) >= 11 is 7.57. The van der Waals surface area contributed by atoms with Gasteiger partial charge in [-0.25, -0.2) is 0 Å². The summed E-state index contributed by atoms with van der Waals surface area (Å²) < 4.78 is 0.190. The fourth-order valence-corrected chi connectivity index (χ4v) is 5.64. The predicted molar refractivity (Wildman–Crippen MR) is 140 cm³/mol. The Morgan fingerprint density at radius 2 is 1.20 bits per heavy atom. The van der Waals surface area contributed by atoms with Gasteiger partial charge in [0.2, 0.25) is 0 Å². The van der Waals surface area contributed by atoms with Crippen LogP contribution < -0.4 is 0 Å². The molecule has 6 rings (SSSR count). The SMILES string of the molecule is CC(C)(c1ccc2c3cccc4cc5ccccc5c(c5cccc1c25)c43)C(Br)Br. The topological polar surface area (TPSA) is 0 Å². The van der Waals surface area contributed by atoms with Gasteiger partial charge in [0.25, 0.3) is 0 Å². The highest BCUT2D eigenvalue weighted by molar-refractivity contribution is 9.24. The number of alkyl halides is 2. The lowest BCUT2D eigenvalue weighted by atomic mass is 9.80. The van der Waals surface area contributed by atoms with Gasteiger partial charge in [0.15, 0.2) is 0 Å². The minimum atomic E-state index is -0.0534. The fraction of sp³-hybridized carbons (Fsp3) is 0.143. The Labute approximate surface area is 192 Å². The van der Waals surface area contributed by atoms with Crippen LogP contribution in [0.1, 0.15) is 19.4 Å². The minimum absolute atomic E-state index is 0.0534. The van der Waals surface area contributed by atoms with Crippen LogP contribution in [-0.2, 0) is 5.41 Å². The Hall–Kier alpha value is -2.16. The van der Waals surface area contributed by atoms with Crippen molar-refractivity contribution in [1.82, 2.24) is 0 Å². The van der Waals surface area contributed by atoms with Crippen LogP contribution in [0.5, 0.6) is 0 Å². The van der Waals surface area contributed by atoms with E-state index in [4.69, 9.17) is 0 Å². The molecule has 0 saturated heterocycles. The third-order valence-corrected chi connectivity index (χ3v) is 9.02. The molecule has 0 heterocycles. The fourth-order valence-electron chi connectivity index (χ4n) is 5.15. The zero-order valence-corrected chi connectivity index (χ0v) is 20.0. The van der Waals surface area contributed by atoms with Gasteiger partial charge in [-0.2, -0.15) is 0 Å². The van der Waals surface area contributed by atoms with Crippen molar-refractivity contribution in [3.8, 4) is 0 Å². The first-order chi connectivity index (χ1) is 14.5. The van der Waals surface area contributed by atoms with Crippen molar-refractivity contribution in [1.29, 1.82) is 0 Å². The van der Waals surface area contributed by atoms with E-state index >= 15 is 0 Å². The zero-order chi connectivity index (χ0) is 20.6. The van der Waals surface area contributed by atoms with E-state index in [1.54, 1.807) is 0 Å². The second kappa shape index (κ2) is 6.42. The van der Waals surface area contributed by atoms with Crippen LogP contribution in [0, 0.1) is 0 Å². The molecule has 0 radical (unpaired) electrons. The van der Waals surface area contributed by atoms with E-state index in [0.717, 1.165) is 0 Å². The number of fused-ring (bicyclic) bond motifs is 4. The molecule has 0 aliphatic rings. The molecule has 0 N–H and O–H groups in total. The van der Waals surface area contributed by atoms with Crippen molar-refractivity contribution in [3.63, 3.8) is 0 Å². The molecular formula is C28H20Br2. The monoisotopic (exact) mass is 514 g/mol. The number of hydrogen-bond donors (Lipinski definition) is 0. The normalized spacial score (nSPS) is 13.0. The smallest absolute Gasteiger partial charge is 0.0755 e. The van der Waals surface area contributed by atoms with E-state index in [1.807, 2.05) is 0 Å². The lowest BCUT2D eigenvalue weighted by Crippen LogP contribution is -2.25. The van der Waals surface area contributed by atoms with E-state index < -0.39 is 0 Å². The molecule has 6 aromatic carbocycles. The van der Waals surface area contributed by atoms with E-state index in [9.17, 15) is 0 Å². The highest BCUT2D eigenvalue weighted by Crippen LogP contribution is 2.46. The summed E-state index contributed by atoms with van der Waals surface area (Å²) in [6, 6.07) is 29.3. The molecule has 0 aliphatic carbocycles. The van der Waals surface area contributed by atoms with E-state index in [0.29, 0.717) is 0 Å². The third kappa shape index (κ3) is 2.38. The van der Waals surface area contributed by atoms with E-state index in [1.165, 1.54) is 59.4 Å². The lowest BCUT2D eigenvalue weighted by molar-refractivity contribution is 0.594. The van der Waals surface area contributed by atoms with Gasteiger partial charge >= 0.3 is 0 Å². The average Bonchev–Trinajstić information content (AvgIpc) is 2.75. The second-order valence-electron chi connectivity index (χ2n) is 8.79. The van der Waals surface area contributed by atoms with Crippen molar-refractivity contribution in [2.75, 3.05) is 0 Å². The van der Waals surface area contributed by atoms with E-state index in [-0.39, 0.29) is 9.15 Å². The largest absolute Gasteiger partial charge is 0.0789 e. The van der Waals surface area contributed by atoms with Crippen LogP contribution in [-0.4, -0.2) is 3.74 Å². The van der Waals surface area contributed by atoms with Crippen molar-refractivity contribution < 1.29 is 0 Å². The molecule has 0 aliphatic heterocycles. The summed E-state index contributed by atoms with van der Waals surface area (Å²) in [6.07, 6.45) is 0. The molecule has 2 heteroatoms. The maximum Gasteiger partial charge on any atom is 0.0789 e. The summed E-state index contributed by atoms with van der Waals surface area (Å²) in [7, 11) is 0. The van der Waals surface area contributed by atoms with Gasteiger partial charge in [0, 0.05) is 5.41 Å². The van der Waals surface area contributed by atoms with Crippen LogP contribution in [0.2, 0.25) is 0 Å². The Balaban J connectivity index is 1.95. The van der Waals surface area contributed by atoms with Crippen LogP contribution in [0.25, 0.3) is 53.9 Å². The van der Waals surface area contributed by atoms with Crippen LogP contribution in [0.4, 0.5) is 0 Å². The molecule has 0 spiro atoms. The average molecular weight is 516 g/mol. The second-order valence-corrected chi connectivity index (χ2v) is 11.8. The maximum atomic E-state index is 3.79. The van der Waals surface area contributed by atoms with Gasteiger partial charge in [-0.05, 0) is 65.5 Å². The third-order valence-electron chi connectivity index (χ3n) is 6.73. The molecule has 0 bridgehead atoms. The van der Waals surface area contributed by atoms with Gasteiger partial charge in [-0.15, -0.1) is 0 Å². The van der Waals surface area contributed by atoms with Gasteiger partial charge < -0.3 is 0 Å². The molecule has 146 valence electrons. The first kappa shape index (κ1) is 18.6. The van der Waals surface area contributed by atoms with Crippen molar-refractivity contribution >= 4 is 85.7 Å². The number of rotatable bonds is 2. The van der Waals surface area contributed by atoms with Crippen LogP contribution >= 0.6 is 31.9 Å². The molecule has 0 fully saturated rings. The standard InChI is InChI=1S/C28H20Br2/c1-28(2,27(29)30)23-14-13-20-19-10-5-8-17-15-16-7-3-4-9-18(16)26(24(17)19)22-12-6-11-21(23)25(20)22/h3-15,27H,1-2H3. The Morgan fingerprint density at radius 3 is 2.03 bits per heavy atom. The summed E-state index contributed by atoms with van der Waals surface area (Å²) in [4.78, 5) is 0. The Bertz CT molecular complexity index is 1590. The number of halogens is 2. The van der Waals surface area contributed by atoms with E-state index in [2.05, 4.69) is 125 Å². The Kier molecular flexibility index (Phi) is 3.98. The summed E-state index contributed by atoms with van der Waals surface area (Å²) in [5.41, 5.74) is 1.31. The van der Waals surface area contributed by atoms with Crippen molar-refractivity contribution in [3.05, 3.63) is 84.4 Å². The number of benzene rings is 6. The molecule has 0 saturated carbocycles. The van der Waals surface area contributed by atoms with Crippen molar-refractivity contribution in [2.45, 2.75) is 23.0 Å². The van der Waals surface area contributed by atoms with Crippen LogP contribution in [0.15, 0.2) is 78.9 Å². The highest BCUT2D eigenvalue weighted by Gasteiger charge is 2.30. The first-order valence-corrected chi connectivity index (χ1v) is 12.1. The molecule has 6 aromatic rings. The lowest BCUT2D eigenvalue weighted by Gasteiger charge is -2.29. The Morgan fingerprint density at radius 1 is 0.567 bits per heavy atom. The molecule has 0 atom stereocenters. The first-order valence-electron chi connectivity index (χ1n) is 10.3. The quantitative estimate of drug-likeness (QED) is 0.122. The summed E-state index contributed by atoms with van der Waals surface area (Å²) in [5.74, 6) is 0. The van der Waals surface area contributed by atoms with Gasteiger partial charge in [0.1, 0.15) is 0 Å². The minimum Gasteiger partial charge on any atom is -0.0755 e. The van der Waals surface area contributed by atoms with Gasteiger partial charge in [-0.3, -0.25) is 0 Å². The zero-order valence-electron chi connectivity index (χ0n) is 16.8. The summed E-state index contributed by atoms with van der Waals surface area (Å²) in [5, 5.41) is 13.5. The molecule has 0 unspecified atom stereocenters. The predicted octanol–water partition coefficient (Wildman–Crippen LogP) is 9.28. The maximum absolute atomic E-state index is 3.79. The number of hydrogen-bond acceptors (Lipinski definition) is 0. The van der Waals surface area contributed by atoms with Crippen LogP contribution in [0.3, 0.4) is 0 Å². The van der Waals surface area contributed by atoms with Gasteiger partial charge in [0.05, 0.1) is 3.74 Å². The molecular weight excluding hydrogens is 496 g/mol. The summed E-state index contributed by atoms with van der Waals surface area (Å²) in [6.45, 7) is 4.58. The molecule has 0 aromatic heterocycles.